The Morgan fingerprint density at radius 1 is 1.00 bits per heavy atom. The van der Waals surface area contributed by atoms with E-state index in [1.165, 1.54) is 13.0 Å². The first-order valence-electron chi connectivity index (χ1n) is 13.6. The van der Waals surface area contributed by atoms with Crippen molar-refractivity contribution in [1.82, 2.24) is 24.3 Å². The Bertz CT molecular complexity index is 1600. The first kappa shape index (κ1) is 26.8. The highest BCUT2D eigenvalue weighted by Crippen LogP contribution is 2.48. The number of carbonyl (C=O) groups excluding carboxylic acids is 2. The van der Waals surface area contributed by atoms with E-state index in [-0.39, 0.29) is 17.6 Å². The molecule has 1 fully saturated rings. The number of pyridine rings is 1. The number of ether oxygens (including phenoxy) is 2. The Labute approximate surface area is 235 Å². The summed E-state index contributed by atoms with van der Waals surface area (Å²) in [7, 11) is 0. The van der Waals surface area contributed by atoms with E-state index in [1.54, 1.807) is 37.5 Å². The maximum atomic E-state index is 13.2. The fourth-order valence-electron chi connectivity index (χ4n) is 5.97. The standard InChI is InChI=1S/C30H29F2N5O4/c1-17(38)36-11-9-19(10-12-36)29-33-14-21(15-34-29)20-7-8-26-35-27-25(40-18(2)39)13-23(28(27)37(26)16-20)22-5-3-4-6-24(22)41-30(31)32/h3-8,14-16,19,23,25,30H,9-13H2,1-2H3/t23-,25-/m1/s1. The van der Waals surface area contributed by atoms with Crippen LogP contribution in [0.3, 0.4) is 0 Å². The third kappa shape index (κ3) is 5.23. The van der Waals surface area contributed by atoms with Crippen LogP contribution < -0.4 is 4.74 Å². The number of para-hydroxylation sites is 1. The molecule has 0 spiro atoms. The number of aromatic nitrogens is 4. The Kier molecular flexibility index (Phi) is 7.10. The summed E-state index contributed by atoms with van der Waals surface area (Å²) in [6.45, 7) is 1.36. The highest BCUT2D eigenvalue weighted by molar-refractivity contribution is 5.73. The molecule has 11 heteroatoms. The lowest BCUT2D eigenvalue weighted by molar-refractivity contribution is -0.146. The van der Waals surface area contributed by atoms with Crippen molar-refractivity contribution in [2.75, 3.05) is 13.1 Å². The van der Waals surface area contributed by atoms with Gasteiger partial charge in [0.15, 0.2) is 0 Å². The number of piperidine rings is 1. The summed E-state index contributed by atoms with van der Waals surface area (Å²) < 4.78 is 38.8. The van der Waals surface area contributed by atoms with E-state index in [1.807, 2.05) is 27.6 Å². The molecule has 0 unspecified atom stereocenters. The second-order valence-corrected chi connectivity index (χ2v) is 10.4. The number of halogens is 2. The van der Waals surface area contributed by atoms with Crippen molar-refractivity contribution in [3.8, 4) is 16.9 Å². The molecular weight excluding hydrogens is 532 g/mol. The molecule has 0 radical (unpaired) electrons. The second kappa shape index (κ2) is 10.9. The van der Waals surface area contributed by atoms with Crippen LogP contribution in [0.25, 0.3) is 16.8 Å². The Hall–Kier alpha value is -4.41. The number of amides is 1. The van der Waals surface area contributed by atoms with Gasteiger partial charge in [-0.15, -0.1) is 0 Å². The second-order valence-electron chi connectivity index (χ2n) is 10.4. The van der Waals surface area contributed by atoms with Crippen LogP contribution in [0, 0.1) is 0 Å². The van der Waals surface area contributed by atoms with Gasteiger partial charge in [-0.3, -0.25) is 9.59 Å². The van der Waals surface area contributed by atoms with Crippen molar-refractivity contribution < 1.29 is 27.8 Å². The molecule has 0 N–H and O–H groups in total. The molecule has 1 amide bonds. The van der Waals surface area contributed by atoms with Crippen LogP contribution in [0.4, 0.5) is 8.78 Å². The van der Waals surface area contributed by atoms with Crippen molar-refractivity contribution >= 4 is 17.5 Å². The molecule has 0 bridgehead atoms. The number of hydrogen-bond donors (Lipinski definition) is 0. The maximum Gasteiger partial charge on any atom is 0.387 e. The van der Waals surface area contributed by atoms with E-state index in [0.717, 1.165) is 35.5 Å². The minimum atomic E-state index is -2.97. The number of rotatable bonds is 6. The third-order valence-corrected chi connectivity index (χ3v) is 7.90. The molecule has 1 saturated heterocycles. The maximum absolute atomic E-state index is 13.2. The molecule has 41 heavy (non-hydrogen) atoms. The zero-order chi connectivity index (χ0) is 28.7. The first-order chi connectivity index (χ1) is 19.8. The molecule has 1 aromatic carbocycles. The lowest BCUT2D eigenvalue weighted by Gasteiger charge is -2.30. The van der Waals surface area contributed by atoms with Crippen LogP contribution in [-0.4, -0.2) is 55.8 Å². The lowest BCUT2D eigenvalue weighted by atomic mass is 9.95. The quantitative estimate of drug-likeness (QED) is 0.296. The van der Waals surface area contributed by atoms with Crippen LogP contribution >= 0.6 is 0 Å². The SMILES string of the molecule is CC(=O)O[C@@H]1C[C@H](c2ccccc2OC(F)F)c2c1nc1ccc(-c3cnc(C4CCN(C(C)=O)CC4)nc3)cn21. The van der Waals surface area contributed by atoms with E-state index in [0.29, 0.717) is 36.4 Å². The van der Waals surface area contributed by atoms with Crippen LogP contribution in [0.2, 0.25) is 0 Å². The largest absolute Gasteiger partial charge is 0.456 e. The molecule has 212 valence electrons. The molecule has 2 atom stereocenters. The summed E-state index contributed by atoms with van der Waals surface area (Å²) in [6, 6.07) is 10.5. The van der Waals surface area contributed by atoms with Gasteiger partial charge in [0.05, 0.1) is 5.69 Å². The van der Waals surface area contributed by atoms with Gasteiger partial charge in [0.1, 0.15) is 29.0 Å². The Morgan fingerprint density at radius 2 is 1.73 bits per heavy atom. The minimum absolute atomic E-state index is 0.0751. The van der Waals surface area contributed by atoms with E-state index in [4.69, 9.17) is 14.5 Å². The number of alkyl halides is 2. The topological polar surface area (TPSA) is 98.9 Å². The predicted octanol–water partition coefficient (Wildman–Crippen LogP) is 5.26. The fourth-order valence-corrected chi connectivity index (χ4v) is 5.97. The summed E-state index contributed by atoms with van der Waals surface area (Å²) in [4.78, 5) is 39.4. The van der Waals surface area contributed by atoms with Gasteiger partial charge in [-0.2, -0.15) is 8.78 Å². The van der Waals surface area contributed by atoms with Gasteiger partial charge >= 0.3 is 12.6 Å². The summed E-state index contributed by atoms with van der Waals surface area (Å²) >= 11 is 0. The highest BCUT2D eigenvalue weighted by atomic mass is 19.3. The van der Waals surface area contributed by atoms with Crippen molar-refractivity contribution in [1.29, 1.82) is 0 Å². The number of fused-ring (bicyclic) bond motifs is 3. The smallest absolute Gasteiger partial charge is 0.387 e. The molecule has 6 rings (SSSR count). The molecule has 0 saturated carbocycles. The Balaban J connectivity index is 1.35. The van der Waals surface area contributed by atoms with Crippen molar-refractivity contribution in [3.63, 3.8) is 0 Å². The van der Waals surface area contributed by atoms with Crippen molar-refractivity contribution in [2.45, 2.75) is 57.7 Å². The molecule has 4 heterocycles. The molecule has 9 nitrogen and oxygen atoms in total. The summed E-state index contributed by atoms with van der Waals surface area (Å²) in [5.41, 5.74) is 4.22. The zero-order valence-electron chi connectivity index (χ0n) is 22.7. The van der Waals surface area contributed by atoms with Crippen molar-refractivity contribution in [2.24, 2.45) is 0 Å². The highest BCUT2D eigenvalue weighted by Gasteiger charge is 2.40. The number of carbonyl (C=O) groups is 2. The van der Waals surface area contributed by atoms with Crippen molar-refractivity contribution in [3.05, 3.63) is 77.8 Å². The summed E-state index contributed by atoms with van der Waals surface area (Å²) in [5.74, 6) is 0.295. The average molecular weight is 562 g/mol. The molecule has 2 aliphatic rings. The van der Waals surface area contributed by atoms with Gasteiger partial charge < -0.3 is 18.8 Å². The molecule has 3 aromatic heterocycles. The first-order valence-corrected chi connectivity index (χ1v) is 13.6. The number of imidazole rings is 1. The average Bonchev–Trinajstić information content (AvgIpc) is 3.50. The summed E-state index contributed by atoms with van der Waals surface area (Å²) in [6.07, 6.45) is 6.90. The van der Waals surface area contributed by atoms with Crippen LogP contribution in [-0.2, 0) is 14.3 Å². The van der Waals surface area contributed by atoms with Gasteiger partial charge in [-0.25, -0.2) is 15.0 Å². The van der Waals surface area contributed by atoms with Crippen LogP contribution in [0.5, 0.6) is 5.75 Å². The van der Waals surface area contributed by atoms with Crippen LogP contribution in [0.1, 0.15) is 73.8 Å². The molecular formula is C30H29F2N5O4. The van der Waals surface area contributed by atoms with Gasteiger partial charge in [0.2, 0.25) is 5.91 Å². The van der Waals surface area contributed by atoms with Gasteiger partial charge in [-0.1, -0.05) is 18.2 Å². The fraction of sp³-hybridized carbons (Fsp3) is 0.367. The minimum Gasteiger partial charge on any atom is -0.456 e. The van der Waals surface area contributed by atoms with E-state index in [2.05, 4.69) is 9.97 Å². The van der Waals surface area contributed by atoms with Gasteiger partial charge in [-0.05, 0) is 31.0 Å². The lowest BCUT2D eigenvalue weighted by Crippen LogP contribution is -2.36. The predicted molar refractivity (Wildman–Crippen MR) is 144 cm³/mol. The Morgan fingerprint density at radius 3 is 2.41 bits per heavy atom. The number of likely N-dealkylation sites (tertiary alicyclic amines) is 1. The number of benzene rings is 1. The normalized spacial score (nSPS) is 19.0. The van der Waals surface area contributed by atoms with Gasteiger partial charge in [0.25, 0.3) is 0 Å². The van der Waals surface area contributed by atoms with E-state index < -0.39 is 24.6 Å². The van der Waals surface area contributed by atoms with E-state index >= 15 is 0 Å². The van der Waals surface area contributed by atoms with E-state index in [9.17, 15) is 18.4 Å². The van der Waals surface area contributed by atoms with Crippen LogP contribution in [0.15, 0.2) is 55.0 Å². The number of nitrogens with zero attached hydrogens (tertiary/aromatic N) is 5. The monoisotopic (exact) mass is 561 g/mol. The molecule has 4 aromatic rings. The zero-order valence-corrected chi connectivity index (χ0v) is 22.7. The molecule has 1 aliphatic heterocycles. The number of hydrogen-bond acceptors (Lipinski definition) is 7. The van der Waals surface area contributed by atoms with Gasteiger partial charge in [0, 0.05) is 80.5 Å². The molecule has 1 aliphatic carbocycles. The number of esters is 1. The third-order valence-electron chi connectivity index (χ3n) is 7.90. The summed E-state index contributed by atoms with van der Waals surface area (Å²) in [5, 5.41) is 0.